The summed E-state index contributed by atoms with van der Waals surface area (Å²) in [7, 11) is 0. The molecule has 0 unspecified atom stereocenters. The molecule has 0 atom stereocenters. The monoisotopic (exact) mass is 237 g/mol. The van der Waals surface area contributed by atoms with E-state index in [9.17, 15) is 0 Å². The van der Waals surface area contributed by atoms with E-state index in [4.69, 9.17) is 0 Å². The van der Waals surface area contributed by atoms with Gasteiger partial charge in [-0.05, 0) is 12.1 Å². The molecular formula is C14H11N3O. The Bertz CT molecular complexity index is 676. The van der Waals surface area contributed by atoms with Crippen molar-refractivity contribution in [1.29, 1.82) is 0 Å². The molecule has 4 rings (SSSR count). The maximum Gasteiger partial charge on any atom is 0.203 e. The van der Waals surface area contributed by atoms with Crippen LogP contribution in [0.3, 0.4) is 0 Å². The summed E-state index contributed by atoms with van der Waals surface area (Å²) in [6.07, 6.45) is 2.53. The second-order valence-corrected chi connectivity index (χ2v) is 3.79. The number of fused-ring (bicyclic) bond motifs is 3. The molecule has 18 heavy (non-hydrogen) atoms. The van der Waals surface area contributed by atoms with Crippen LogP contribution < -0.4 is 0 Å². The molecule has 2 heterocycles. The van der Waals surface area contributed by atoms with Crippen LogP contribution in [0.25, 0.3) is 21.8 Å². The van der Waals surface area contributed by atoms with Crippen LogP contribution >= 0.6 is 0 Å². The first-order valence-electron chi connectivity index (χ1n) is 5.59. The number of aromatic amines is 1. The molecule has 0 radical (unpaired) electrons. The fraction of sp³-hybridized carbons (Fsp3) is 0. The average Bonchev–Trinajstić information content (AvgIpc) is 3.10. The molecule has 2 aromatic carbocycles. The lowest BCUT2D eigenvalue weighted by Gasteiger charge is -1.87. The average molecular weight is 237 g/mol. The van der Waals surface area contributed by atoms with Crippen molar-refractivity contribution < 1.29 is 4.42 Å². The predicted molar refractivity (Wildman–Crippen MR) is 70.1 cm³/mol. The fourth-order valence-electron chi connectivity index (χ4n) is 1.94. The third-order valence-corrected chi connectivity index (χ3v) is 2.70. The summed E-state index contributed by atoms with van der Waals surface area (Å²) in [6.45, 7) is 0. The van der Waals surface area contributed by atoms with E-state index in [0.717, 1.165) is 0 Å². The van der Waals surface area contributed by atoms with Gasteiger partial charge in [0.25, 0.3) is 0 Å². The lowest BCUT2D eigenvalue weighted by Crippen LogP contribution is -1.62. The van der Waals surface area contributed by atoms with Gasteiger partial charge in [0.1, 0.15) is 0 Å². The number of hydrogen-bond donors (Lipinski definition) is 1. The standard InChI is InChI=1S/C12H9N.C2H2N2O/c1-3-7-11-9(5-1)10-6-2-4-8-12(10)13-11;1-3-4-2-5-1/h1-8,13H;1-2H. The van der Waals surface area contributed by atoms with Crippen molar-refractivity contribution in [3.8, 4) is 0 Å². The summed E-state index contributed by atoms with van der Waals surface area (Å²) in [5, 5.41) is 9.22. The van der Waals surface area contributed by atoms with Crippen LogP contribution in [0.4, 0.5) is 0 Å². The van der Waals surface area contributed by atoms with Gasteiger partial charge in [-0.15, -0.1) is 10.2 Å². The van der Waals surface area contributed by atoms with Crippen molar-refractivity contribution in [3.05, 3.63) is 61.3 Å². The molecule has 0 saturated carbocycles. The number of nitrogens with one attached hydrogen (secondary N) is 1. The van der Waals surface area contributed by atoms with Crippen molar-refractivity contribution in [2.75, 3.05) is 0 Å². The first-order valence-corrected chi connectivity index (χ1v) is 5.59. The Labute approximate surface area is 103 Å². The van der Waals surface area contributed by atoms with Crippen LogP contribution in [-0.4, -0.2) is 15.2 Å². The third-order valence-electron chi connectivity index (χ3n) is 2.70. The molecule has 1 N–H and O–H groups in total. The molecule has 88 valence electrons. The normalized spacial score (nSPS) is 10.2. The van der Waals surface area contributed by atoms with Crippen LogP contribution in [0.2, 0.25) is 0 Å². The lowest BCUT2D eigenvalue weighted by molar-refractivity contribution is 0.553. The van der Waals surface area contributed by atoms with Crippen LogP contribution in [0.5, 0.6) is 0 Å². The number of nitrogens with zero attached hydrogens (tertiary/aromatic N) is 2. The molecule has 0 aliphatic carbocycles. The first kappa shape index (κ1) is 10.5. The molecule has 0 aliphatic rings. The van der Waals surface area contributed by atoms with Crippen LogP contribution in [0.1, 0.15) is 0 Å². The molecule has 0 saturated heterocycles. The minimum Gasteiger partial charge on any atom is -0.431 e. The van der Waals surface area contributed by atoms with Gasteiger partial charge in [-0.3, -0.25) is 0 Å². The first-order chi connectivity index (χ1) is 8.95. The third kappa shape index (κ3) is 1.96. The maximum atomic E-state index is 4.36. The zero-order valence-electron chi connectivity index (χ0n) is 9.58. The Hall–Kier alpha value is -2.62. The molecule has 4 heteroatoms. The largest absolute Gasteiger partial charge is 0.431 e. The minimum absolute atomic E-state index is 1.21. The lowest BCUT2D eigenvalue weighted by atomic mass is 10.2. The van der Waals surface area contributed by atoms with Crippen molar-refractivity contribution in [2.24, 2.45) is 0 Å². The number of para-hydroxylation sites is 2. The molecule has 0 amide bonds. The Kier molecular flexibility index (Phi) is 2.75. The van der Waals surface area contributed by atoms with Crippen LogP contribution in [-0.2, 0) is 0 Å². The van der Waals surface area contributed by atoms with Gasteiger partial charge in [0.2, 0.25) is 12.8 Å². The molecule has 0 spiro atoms. The van der Waals surface area contributed by atoms with Crippen LogP contribution in [0, 0.1) is 0 Å². The Balaban J connectivity index is 0.000000169. The summed E-state index contributed by atoms with van der Waals surface area (Å²) in [5.41, 5.74) is 2.42. The Morgan fingerprint density at radius 1 is 0.722 bits per heavy atom. The van der Waals surface area contributed by atoms with Gasteiger partial charge >= 0.3 is 0 Å². The zero-order chi connectivity index (χ0) is 12.2. The number of aromatic nitrogens is 3. The fourth-order valence-corrected chi connectivity index (χ4v) is 1.94. The Morgan fingerprint density at radius 3 is 1.67 bits per heavy atom. The highest BCUT2D eigenvalue weighted by atomic mass is 16.3. The van der Waals surface area contributed by atoms with Gasteiger partial charge in [-0.1, -0.05) is 36.4 Å². The van der Waals surface area contributed by atoms with Gasteiger partial charge < -0.3 is 9.40 Å². The molecule has 4 aromatic rings. The molecular weight excluding hydrogens is 226 g/mol. The molecule has 2 aromatic heterocycles. The SMILES string of the molecule is c1ccc2c(c1)[nH]c1ccccc12.c1nnco1. The summed E-state index contributed by atoms with van der Waals surface area (Å²) >= 11 is 0. The summed E-state index contributed by atoms with van der Waals surface area (Å²) < 4.78 is 4.36. The van der Waals surface area contributed by atoms with Crippen molar-refractivity contribution in [2.45, 2.75) is 0 Å². The predicted octanol–water partition coefficient (Wildman–Crippen LogP) is 3.39. The highest BCUT2D eigenvalue weighted by Gasteiger charge is 2.00. The van der Waals surface area contributed by atoms with Gasteiger partial charge in [-0.2, -0.15) is 0 Å². The maximum absolute atomic E-state index is 4.36. The van der Waals surface area contributed by atoms with Gasteiger partial charge in [0.15, 0.2) is 0 Å². The van der Waals surface area contributed by atoms with Crippen LogP contribution in [0.15, 0.2) is 65.7 Å². The van der Waals surface area contributed by atoms with E-state index >= 15 is 0 Å². The number of rotatable bonds is 0. The second kappa shape index (κ2) is 4.71. The van der Waals surface area contributed by atoms with Crippen molar-refractivity contribution in [3.63, 3.8) is 0 Å². The quantitative estimate of drug-likeness (QED) is 0.510. The van der Waals surface area contributed by atoms with Crippen molar-refractivity contribution in [1.82, 2.24) is 15.2 Å². The summed E-state index contributed by atoms with van der Waals surface area (Å²) in [5.74, 6) is 0. The van der Waals surface area contributed by atoms with E-state index in [0.29, 0.717) is 0 Å². The minimum atomic E-state index is 1.21. The van der Waals surface area contributed by atoms with E-state index < -0.39 is 0 Å². The van der Waals surface area contributed by atoms with Gasteiger partial charge in [0, 0.05) is 21.8 Å². The smallest absolute Gasteiger partial charge is 0.203 e. The highest BCUT2D eigenvalue weighted by Crippen LogP contribution is 2.24. The van der Waals surface area contributed by atoms with E-state index in [1.807, 2.05) is 0 Å². The number of H-pyrrole nitrogens is 1. The summed E-state index contributed by atoms with van der Waals surface area (Å²) in [6, 6.07) is 16.8. The molecule has 4 nitrogen and oxygen atoms in total. The Morgan fingerprint density at radius 2 is 1.22 bits per heavy atom. The number of hydrogen-bond acceptors (Lipinski definition) is 3. The highest BCUT2D eigenvalue weighted by molar-refractivity contribution is 6.06. The van der Waals surface area contributed by atoms with Gasteiger partial charge in [0.05, 0.1) is 0 Å². The molecule has 0 aliphatic heterocycles. The van der Waals surface area contributed by atoms with E-state index in [-0.39, 0.29) is 0 Å². The number of benzene rings is 2. The molecule has 0 fully saturated rings. The zero-order valence-corrected chi connectivity index (χ0v) is 9.58. The van der Waals surface area contributed by atoms with E-state index in [1.165, 1.54) is 34.6 Å². The van der Waals surface area contributed by atoms with E-state index in [1.54, 1.807) is 0 Å². The topological polar surface area (TPSA) is 54.7 Å². The summed E-state index contributed by atoms with van der Waals surface area (Å²) in [4.78, 5) is 3.38. The molecule has 0 bridgehead atoms. The van der Waals surface area contributed by atoms with E-state index in [2.05, 4.69) is 68.1 Å². The van der Waals surface area contributed by atoms with Gasteiger partial charge in [-0.25, -0.2) is 0 Å². The van der Waals surface area contributed by atoms with Crippen molar-refractivity contribution >= 4 is 21.8 Å². The second-order valence-electron chi connectivity index (χ2n) is 3.79.